The maximum atomic E-state index is 11.9. The molecule has 1 atom stereocenters. The Bertz CT molecular complexity index is 530. The predicted molar refractivity (Wildman–Crippen MR) is 78.5 cm³/mol. The number of carbonyl (C=O) groups is 1. The molecule has 0 saturated heterocycles. The molecule has 0 spiro atoms. The zero-order chi connectivity index (χ0) is 16.0. The lowest BCUT2D eigenvalue weighted by atomic mass is 10.1. The summed E-state index contributed by atoms with van der Waals surface area (Å²) in [5.74, 6) is 0.750. The third kappa shape index (κ3) is 5.89. The Labute approximate surface area is 124 Å². The fraction of sp³-hybridized carbons (Fsp3) is 0.600. The van der Waals surface area contributed by atoms with E-state index in [4.69, 9.17) is 13.9 Å². The first-order valence-electron chi connectivity index (χ1n) is 6.93. The van der Waals surface area contributed by atoms with Crippen LogP contribution in [0.3, 0.4) is 0 Å². The van der Waals surface area contributed by atoms with Gasteiger partial charge in [-0.25, -0.2) is 9.59 Å². The summed E-state index contributed by atoms with van der Waals surface area (Å²) in [5, 5.41) is 2.72. The highest BCUT2D eigenvalue weighted by Gasteiger charge is 2.22. The van der Waals surface area contributed by atoms with Crippen molar-refractivity contribution in [2.24, 2.45) is 0 Å². The number of amides is 1. The van der Waals surface area contributed by atoms with Gasteiger partial charge in [0.2, 0.25) is 0 Å². The Kier molecular flexibility index (Phi) is 5.81. The lowest BCUT2D eigenvalue weighted by Crippen LogP contribution is -2.35. The second-order valence-electron chi connectivity index (χ2n) is 5.71. The van der Waals surface area contributed by atoms with Crippen molar-refractivity contribution in [3.05, 3.63) is 28.3 Å². The van der Waals surface area contributed by atoms with Crippen LogP contribution in [0, 0.1) is 0 Å². The number of carbonyl (C=O) groups excluding carboxylic acids is 1. The van der Waals surface area contributed by atoms with Crippen LogP contribution < -0.4 is 15.7 Å². The normalized spacial score (nSPS) is 12.6. The van der Waals surface area contributed by atoms with Crippen molar-refractivity contribution < 1.29 is 18.7 Å². The van der Waals surface area contributed by atoms with Crippen molar-refractivity contribution in [2.75, 3.05) is 7.11 Å². The van der Waals surface area contributed by atoms with E-state index in [0.717, 1.165) is 6.42 Å². The van der Waals surface area contributed by atoms with Crippen LogP contribution in [-0.2, 0) is 4.74 Å². The maximum absolute atomic E-state index is 11.9. The summed E-state index contributed by atoms with van der Waals surface area (Å²) < 4.78 is 15.4. The highest BCUT2D eigenvalue weighted by molar-refractivity contribution is 5.68. The van der Waals surface area contributed by atoms with E-state index in [1.54, 1.807) is 26.8 Å². The molecule has 1 N–H and O–H groups in total. The van der Waals surface area contributed by atoms with Crippen molar-refractivity contribution in [3.8, 4) is 5.75 Å². The molecule has 0 aliphatic carbocycles. The molecule has 0 fully saturated rings. The van der Waals surface area contributed by atoms with E-state index in [1.165, 1.54) is 13.2 Å². The Hall–Kier alpha value is -1.98. The SMILES string of the molecule is CCC[C@@H](NC(=O)OC(C)(C)C)c1cc(OC)cc(=O)o1. The van der Waals surface area contributed by atoms with Crippen molar-refractivity contribution in [1.29, 1.82) is 0 Å². The van der Waals surface area contributed by atoms with Gasteiger partial charge in [-0.15, -0.1) is 0 Å². The van der Waals surface area contributed by atoms with Gasteiger partial charge >= 0.3 is 11.7 Å². The minimum absolute atomic E-state index is 0.354. The fourth-order valence-corrected chi connectivity index (χ4v) is 1.79. The van der Waals surface area contributed by atoms with Gasteiger partial charge in [0.05, 0.1) is 19.2 Å². The highest BCUT2D eigenvalue weighted by Crippen LogP contribution is 2.21. The van der Waals surface area contributed by atoms with Gasteiger partial charge in [0.1, 0.15) is 17.1 Å². The van der Waals surface area contributed by atoms with Crippen LogP contribution in [0.2, 0.25) is 0 Å². The minimum Gasteiger partial charge on any atom is -0.496 e. The van der Waals surface area contributed by atoms with Gasteiger partial charge in [-0.1, -0.05) is 13.3 Å². The van der Waals surface area contributed by atoms with Crippen LogP contribution in [0.5, 0.6) is 5.75 Å². The largest absolute Gasteiger partial charge is 0.496 e. The number of hydrogen-bond donors (Lipinski definition) is 1. The van der Waals surface area contributed by atoms with E-state index in [0.29, 0.717) is 17.9 Å². The Balaban J connectivity index is 2.93. The van der Waals surface area contributed by atoms with Gasteiger partial charge in [-0.05, 0) is 27.2 Å². The molecule has 1 amide bonds. The van der Waals surface area contributed by atoms with Crippen LogP contribution in [-0.4, -0.2) is 18.8 Å². The molecule has 6 nitrogen and oxygen atoms in total. The van der Waals surface area contributed by atoms with E-state index in [1.807, 2.05) is 6.92 Å². The quantitative estimate of drug-likeness (QED) is 0.904. The summed E-state index contributed by atoms with van der Waals surface area (Å²) in [6, 6.07) is 2.41. The van der Waals surface area contributed by atoms with Crippen LogP contribution in [0.4, 0.5) is 4.79 Å². The van der Waals surface area contributed by atoms with Crippen LogP contribution in [0.1, 0.15) is 52.3 Å². The Morgan fingerprint density at radius 2 is 2.05 bits per heavy atom. The minimum atomic E-state index is -0.587. The molecule has 0 bridgehead atoms. The second-order valence-corrected chi connectivity index (χ2v) is 5.71. The lowest BCUT2D eigenvalue weighted by molar-refractivity contribution is 0.0493. The van der Waals surface area contributed by atoms with E-state index >= 15 is 0 Å². The number of alkyl carbamates (subject to hydrolysis) is 1. The van der Waals surface area contributed by atoms with Crippen LogP contribution in [0.25, 0.3) is 0 Å². The molecule has 1 aromatic rings. The van der Waals surface area contributed by atoms with E-state index in [9.17, 15) is 9.59 Å². The van der Waals surface area contributed by atoms with Crippen molar-refractivity contribution >= 4 is 6.09 Å². The van der Waals surface area contributed by atoms with Gasteiger partial charge in [0, 0.05) is 6.07 Å². The number of rotatable bonds is 5. The number of methoxy groups -OCH3 is 1. The first kappa shape index (κ1) is 17.1. The zero-order valence-electron chi connectivity index (χ0n) is 13.2. The van der Waals surface area contributed by atoms with Gasteiger partial charge in [0.15, 0.2) is 0 Å². The first-order valence-corrected chi connectivity index (χ1v) is 6.93. The summed E-state index contributed by atoms with van der Waals surface area (Å²) in [6.45, 7) is 7.33. The van der Waals surface area contributed by atoms with E-state index in [2.05, 4.69) is 5.32 Å². The summed E-state index contributed by atoms with van der Waals surface area (Å²) in [7, 11) is 1.47. The Morgan fingerprint density at radius 1 is 1.38 bits per heavy atom. The van der Waals surface area contributed by atoms with E-state index < -0.39 is 23.4 Å². The molecule has 1 aromatic heterocycles. The van der Waals surface area contributed by atoms with Crippen LogP contribution >= 0.6 is 0 Å². The smallest absolute Gasteiger partial charge is 0.408 e. The predicted octanol–water partition coefficient (Wildman–Crippen LogP) is 3.01. The molecule has 21 heavy (non-hydrogen) atoms. The average Bonchev–Trinajstić information content (AvgIpc) is 2.35. The molecule has 1 rings (SSSR count). The molecule has 6 heteroatoms. The van der Waals surface area contributed by atoms with Gasteiger partial charge in [0.25, 0.3) is 0 Å². The maximum Gasteiger partial charge on any atom is 0.408 e. The number of nitrogens with one attached hydrogen (secondary N) is 1. The summed E-state index contributed by atoms with van der Waals surface area (Å²) >= 11 is 0. The van der Waals surface area contributed by atoms with Crippen LogP contribution in [0.15, 0.2) is 21.3 Å². The molecule has 0 aliphatic rings. The lowest BCUT2D eigenvalue weighted by Gasteiger charge is -2.23. The first-order chi connectivity index (χ1) is 9.75. The average molecular weight is 297 g/mol. The van der Waals surface area contributed by atoms with Crippen molar-refractivity contribution in [1.82, 2.24) is 5.32 Å². The monoisotopic (exact) mass is 297 g/mol. The number of hydrogen-bond acceptors (Lipinski definition) is 5. The standard InChI is InChI=1S/C15H23NO5/c1-6-7-11(16-14(18)21-15(2,3)4)12-8-10(19-5)9-13(17)20-12/h8-9,11H,6-7H2,1-5H3,(H,16,18)/t11-/m1/s1. The zero-order valence-corrected chi connectivity index (χ0v) is 13.2. The van der Waals surface area contributed by atoms with Crippen molar-refractivity contribution in [3.63, 3.8) is 0 Å². The summed E-state index contributed by atoms with van der Waals surface area (Å²) in [4.78, 5) is 23.4. The van der Waals surface area contributed by atoms with Gasteiger partial charge < -0.3 is 19.2 Å². The third-order valence-corrected chi connectivity index (χ3v) is 2.61. The van der Waals surface area contributed by atoms with E-state index in [-0.39, 0.29) is 0 Å². The molecule has 0 radical (unpaired) electrons. The molecule has 0 saturated carbocycles. The second kappa shape index (κ2) is 7.15. The summed E-state index contributed by atoms with van der Waals surface area (Å²) in [6.07, 6.45) is 0.878. The molecule has 0 aromatic carbocycles. The molecule has 0 aliphatic heterocycles. The topological polar surface area (TPSA) is 77.8 Å². The Morgan fingerprint density at radius 3 is 2.57 bits per heavy atom. The molecule has 1 heterocycles. The number of ether oxygens (including phenoxy) is 2. The molecular weight excluding hydrogens is 274 g/mol. The fourth-order valence-electron chi connectivity index (χ4n) is 1.79. The highest BCUT2D eigenvalue weighted by atomic mass is 16.6. The van der Waals surface area contributed by atoms with Gasteiger partial charge in [-0.3, -0.25) is 0 Å². The third-order valence-electron chi connectivity index (χ3n) is 2.61. The molecule has 0 unspecified atom stereocenters. The van der Waals surface area contributed by atoms with Crippen molar-refractivity contribution in [2.45, 2.75) is 52.2 Å². The molecular formula is C15H23NO5. The summed E-state index contributed by atoms with van der Waals surface area (Å²) in [5.41, 5.74) is -1.10. The molecule has 118 valence electrons. The van der Waals surface area contributed by atoms with Gasteiger partial charge in [-0.2, -0.15) is 0 Å².